The lowest BCUT2D eigenvalue weighted by molar-refractivity contribution is 0.0983. The van der Waals surface area contributed by atoms with Crippen molar-refractivity contribution >= 4 is 21.3 Å². The molecule has 94 valence electrons. The van der Waals surface area contributed by atoms with E-state index in [1.807, 2.05) is 13.0 Å². The molecule has 0 aliphatic rings. The summed E-state index contributed by atoms with van der Waals surface area (Å²) >= 11 is 0. The van der Waals surface area contributed by atoms with Crippen LogP contribution in [0.25, 0.3) is 0 Å². The van der Waals surface area contributed by atoms with Gasteiger partial charge in [0.2, 0.25) is 0 Å². The predicted molar refractivity (Wildman–Crippen MR) is 68.9 cm³/mol. The summed E-state index contributed by atoms with van der Waals surface area (Å²) < 4.78 is 21.9. The Balaban J connectivity index is 2.67. The van der Waals surface area contributed by atoms with Crippen LogP contribution < -0.4 is 5.73 Å². The van der Waals surface area contributed by atoms with E-state index in [1.165, 1.54) is 6.26 Å². The van der Waals surface area contributed by atoms with Gasteiger partial charge >= 0.3 is 0 Å². The van der Waals surface area contributed by atoms with Gasteiger partial charge in [0.05, 0.1) is 5.75 Å². The molecule has 1 aromatic rings. The van der Waals surface area contributed by atoms with Crippen molar-refractivity contribution in [1.82, 2.24) is 0 Å². The highest BCUT2D eigenvalue weighted by Crippen LogP contribution is 2.16. The fourth-order valence-corrected chi connectivity index (χ4v) is 2.21. The van der Waals surface area contributed by atoms with Gasteiger partial charge < -0.3 is 5.73 Å². The van der Waals surface area contributed by atoms with Gasteiger partial charge in [0.15, 0.2) is 5.78 Å². The molecule has 0 heterocycles. The minimum Gasteiger partial charge on any atom is -0.398 e. The summed E-state index contributed by atoms with van der Waals surface area (Å²) in [5, 5.41) is 0. The molecule has 0 aromatic heterocycles. The molecule has 5 heteroatoms. The zero-order valence-corrected chi connectivity index (χ0v) is 10.9. The lowest BCUT2D eigenvalue weighted by atomic mass is 10.0. The van der Waals surface area contributed by atoms with E-state index >= 15 is 0 Å². The number of nitrogens with two attached hydrogens (primary N) is 1. The maximum Gasteiger partial charge on any atom is 0.164 e. The molecule has 0 spiro atoms. The fraction of sp³-hybridized carbons (Fsp3) is 0.417. The SMILES string of the molecule is Cc1ccc(N)c(C(=O)CCCS(C)(=O)=O)c1. The van der Waals surface area contributed by atoms with Crippen LogP contribution in [0, 0.1) is 6.92 Å². The highest BCUT2D eigenvalue weighted by atomic mass is 32.2. The summed E-state index contributed by atoms with van der Waals surface area (Å²) in [5.74, 6) is -0.0698. The molecular weight excluding hydrogens is 238 g/mol. The first-order valence-electron chi connectivity index (χ1n) is 5.36. The molecule has 17 heavy (non-hydrogen) atoms. The first-order chi connectivity index (χ1) is 7.79. The number of anilines is 1. The molecule has 4 nitrogen and oxygen atoms in total. The smallest absolute Gasteiger partial charge is 0.164 e. The molecule has 0 saturated heterocycles. The molecule has 0 atom stereocenters. The highest BCUT2D eigenvalue weighted by molar-refractivity contribution is 7.90. The summed E-state index contributed by atoms with van der Waals surface area (Å²) in [6, 6.07) is 5.26. The van der Waals surface area contributed by atoms with Crippen LogP contribution in [0.1, 0.15) is 28.8 Å². The van der Waals surface area contributed by atoms with Crippen LogP contribution in [-0.4, -0.2) is 26.2 Å². The Bertz CT molecular complexity index is 521. The maximum absolute atomic E-state index is 11.8. The fourth-order valence-electron chi connectivity index (χ4n) is 1.54. The topological polar surface area (TPSA) is 77.2 Å². The van der Waals surface area contributed by atoms with Gasteiger partial charge in [0, 0.05) is 23.9 Å². The van der Waals surface area contributed by atoms with Crippen molar-refractivity contribution < 1.29 is 13.2 Å². The van der Waals surface area contributed by atoms with Crippen LogP contribution in [0.3, 0.4) is 0 Å². The van der Waals surface area contributed by atoms with Crippen LogP contribution >= 0.6 is 0 Å². The van der Waals surface area contributed by atoms with E-state index in [4.69, 9.17) is 5.73 Å². The number of ketones is 1. The van der Waals surface area contributed by atoms with Crippen molar-refractivity contribution in [2.45, 2.75) is 19.8 Å². The van der Waals surface area contributed by atoms with Crippen molar-refractivity contribution in [3.8, 4) is 0 Å². The summed E-state index contributed by atoms with van der Waals surface area (Å²) in [5.41, 5.74) is 7.60. The number of carbonyl (C=O) groups is 1. The van der Waals surface area contributed by atoms with Crippen LogP contribution in [0.4, 0.5) is 5.69 Å². The second-order valence-corrected chi connectivity index (χ2v) is 6.51. The molecule has 0 aliphatic carbocycles. The third kappa shape index (κ3) is 4.56. The molecule has 2 N–H and O–H groups in total. The van der Waals surface area contributed by atoms with E-state index in [1.54, 1.807) is 12.1 Å². The molecule has 0 amide bonds. The number of nitrogen functional groups attached to an aromatic ring is 1. The van der Waals surface area contributed by atoms with Crippen LogP contribution in [0.5, 0.6) is 0 Å². The number of carbonyl (C=O) groups excluding carboxylic acids is 1. The average Bonchev–Trinajstić information content (AvgIpc) is 2.19. The van der Waals surface area contributed by atoms with Crippen molar-refractivity contribution in [1.29, 1.82) is 0 Å². The maximum atomic E-state index is 11.8. The molecular formula is C12H17NO3S. The van der Waals surface area contributed by atoms with E-state index in [0.29, 0.717) is 17.7 Å². The van der Waals surface area contributed by atoms with E-state index in [-0.39, 0.29) is 18.0 Å². The van der Waals surface area contributed by atoms with Gasteiger partial charge in [-0.05, 0) is 25.5 Å². The molecule has 1 rings (SSSR count). The van der Waals surface area contributed by atoms with Gasteiger partial charge in [-0.1, -0.05) is 11.6 Å². The molecule has 0 unspecified atom stereocenters. The van der Waals surface area contributed by atoms with Gasteiger partial charge in [-0.25, -0.2) is 8.42 Å². The lowest BCUT2D eigenvalue weighted by Crippen LogP contribution is -2.08. The number of sulfone groups is 1. The van der Waals surface area contributed by atoms with E-state index in [2.05, 4.69) is 0 Å². The Kier molecular flexibility index (Phi) is 4.28. The predicted octanol–water partition coefficient (Wildman–Crippen LogP) is 1.58. The number of benzene rings is 1. The minimum absolute atomic E-state index is 0.0322. The van der Waals surface area contributed by atoms with E-state index in [9.17, 15) is 13.2 Å². The monoisotopic (exact) mass is 255 g/mol. The van der Waals surface area contributed by atoms with Crippen LogP contribution in [0.15, 0.2) is 18.2 Å². The standard InChI is InChI=1S/C12H17NO3S/c1-9-5-6-11(13)10(8-9)12(14)4-3-7-17(2,15)16/h5-6,8H,3-4,7,13H2,1-2H3. The number of hydrogen-bond donors (Lipinski definition) is 1. The average molecular weight is 255 g/mol. The van der Waals surface area contributed by atoms with Crippen molar-refractivity contribution in [2.24, 2.45) is 0 Å². The molecule has 0 fully saturated rings. The van der Waals surface area contributed by atoms with Gasteiger partial charge in [0.25, 0.3) is 0 Å². The number of Topliss-reactive ketones (excluding diaryl/α,β-unsaturated/α-hetero) is 1. The Morgan fingerprint density at radius 3 is 2.59 bits per heavy atom. The number of rotatable bonds is 5. The zero-order valence-electron chi connectivity index (χ0n) is 10.1. The van der Waals surface area contributed by atoms with Crippen LogP contribution in [0.2, 0.25) is 0 Å². The second kappa shape index (κ2) is 5.31. The van der Waals surface area contributed by atoms with Crippen molar-refractivity contribution in [3.05, 3.63) is 29.3 Å². The normalized spacial score (nSPS) is 11.4. The van der Waals surface area contributed by atoms with E-state index < -0.39 is 9.84 Å². The quantitative estimate of drug-likeness (QED) is 0.640. The number of aryl methyl sites for hydroxylation is 1. The Morgan fingerprint density at radius 1 is 1.35 bits per heavy atom. The zero-order chi connectivity index (χ0) is 13.1. The molecule has 0 aliphatic heterocycles. The Hall–Kier alpha value is -1.36. The van der Waals surface area contributed by atoms with Gasteiger partial charge in [-0.15, -0.1) is 0 Å². The first-order valence-corrected chi connectivity index (χ1v) is 7.43. The molecule has 1 aromatic carbocycles. The van der Waals surface area contributed by atoms with E-state index in [0.717, 1.165) is 5.56 Å². The largest absolute Gasteiger partial charge is 0.398 e. The Labute approximate surface area is 102 Å². The molecule has 0 saturated carbocycles. The third-order valence-electron chi connectivity index (χ3n) is 2.43. The van der Waals surface area contributed by atoms with Crippen LogP contribution in [-0.2, 0) is 9.84 Å². The summed E-state index contributed by atoms with van der Waals surface area (Å²) in [6.45, 7) is 1.88. The summed E-state index contributed by atoms with van der Waals surface area (Å²) in [4.78, 5) is 11.8. The second-order valence-electron chi connectivity index (χ2n) is 4.25. The van der Waals surface area contributed by atoms with Gasteiger partial charge in [-0.2, -0.15) is 0 Å². The van der Waals surface area contributed by atoms with Crippen molar-refractivity contribution in [2.75, 3.05) is 17.7 Å². The third-order valence-corrected chi connectivity index (χ3v) is 3.46. The molecule has 0 bridgehead atoms. The Morgan fingerprint density at radius 2 is 2.00 bits per heavy atom. The molecule has 0 radical (unpaired) electrons. The summed E-state index contributed by atoms with van der Waals surface area (Å²) in [7, 11) is -3.00. The first kappa shape index (κ1) is 13.7. The minimum atomic E-state index is -3.00. The van der Waals surface area contributed by atoms with Gasteiger partial charge in [-0.3, -0.25) is 4.79 Å². The highest BCUT2D eigenvalue weighted by Gasteiger charge is 2.11. The van der Waals surface area contributed by atoms with Gasteiger partial charge in [0.1, 0.15) is 9.84 Å². The summed E-state index contributed by atoms with van der Waals surface area (Å²) in [6.07, 6.45) is 1.71. The van der Waals surface area contributed by atoms with Crippen molar-refractivity contribution in [3.63, 3.8) is 0 Å². The number of hydrogen-bond acceptors (Lipinski definition) is 4. The lowest BCUT2D eigenvalue weighted by Gasteiger charge is -2.05.